The molecule has 2 aliphatic carbocycles. The van der Waals surface area contributed by atoms with Crippen molar-refractivity contribution >= 4 is 23.8 Å². The second-order valence-corrected chi connectivity index (χ2v) is 10.1. The van der Waals surface area contributed by atoms with E-state index < -0.39 is 17.1 Å². The monoisotopic (exact) mass is 486 g/mol. The molecule has 1 saturated carbocycles. The van der Waals surface area contributed by atoms with Gasteiger partial charge in [0.25, 0.3) is 0 Å². The summed E-state index contributed by atoms with van der Waals surface area (Å²) in [5.74, 6) is -0.539. The van der Waals surface area contributed by atoms with Gasteiger partial charge >= 0.3 is 6.09 Å². The number of aromatic nitrogens is 2. The molecule has 7 nitrogen and oxygen atoms in total. The van der Waals surface area contributed by atoms with Crippen molar-refractivity contribution in [3.63, 3.8) is 0 Å². The minimum atomic E-state index is -0.711. The van der Waals surface area contributed by atoms with Crippen LogP contribution in [0.5, 0.6) is 0 Å². The quantitative estimate of drug-likeness (QED) is 0.565. The van der Waals surface area contributed by atoms with Gasteiger partial charge in [0.2, 0.25) is 5.91 Å². The number of nitrogens with zero attached hydrogens (tertiary/aromatic N) is 3. The van der Waals surface area contributed by atoms with Crippen LogP contribution in [0.15, 0.2) is 66.4 Å². The molecule has 1 aliphatic heterocycles. The molecule has 184 valence electrons. The van der Waals surface area contributed by atoms with Gasteiger partial charge in [-0.25, -0.2) is 13.9 Å². The van der Waals surface area contributed by atoms with Crippen LogP contribution in [0.3, 0.4) is 0 Å². The number of benzene rings is 2. The highest BCUT2D eigenvalue weighted by Gasteiger charge is 2.61. The molecule has 1 aromatic heterocycles. The number of nitrogens with one attached hydrogen (secondary N) is 1. The van der Waals surface area contributed by atoms with Gasteiger partial charge in [-0.2, -0.15) is 5.10 Å². The second-order valence-electron chi connectivity index (χ2n) is 10.1. The molecule has 8 heteroatoms. The van der Waals surface area contributed by atoms with Crippen LogP contribution in [-0.4, -0.2) is 45.4 Å². The van der Waals surface area contributed by atoms with E-state index in [0.29, 0.717) is 18.7 Å². The van der Waals surface area contributed by atoms with Crippen LogP contribution < -0.4 is 5.32 Å². The van der Waals surface area contributed by atoms with E-state index in [-0.39, 0.29) is 18.3 Å². The fraction of sp³-hybridized carbons (Fsp3) is 0.321. The third-order valence-electron chi connectivity index (χ3n) is 7.93. The molecule has 2 fully saturated rings. The van der Waals surface area contributed by atoms with Crippen LogP contribution in [0.2, 0.25) is 0 Å². The fourth-order valence-electron chi connectivity index (χ4n) is 6.00. The van der Waals surface area contributed by atoms with Crippen LogP contribution in [-0.2, 0) is 16.0 Å². The maximum absolute atomic E-state index is 13.4. The Morgan fingerprint density at radius 3 is 2.72 bits per heavy atom. The maximum atomic E-state index is 13.4. The minimum absolute atomic E-state index is 0.0572. The van der Waals surface area contributed by atoms with Gasteiger partial charge in [0.05, 0.1) is 24.1 Å². The SMILES string of the molecule is C[C@]12Cc3cnn(-c4ccc(F)cc4)c3C=C1CCC[C@@]21CN(CC(=O)Nc2ccccc2)C(=O)O1. The average molecular weight is 487 g/mol. The predicted molar refractivity (Wildman–Crippen MR) is 133 cm³/mol. The molecule has 1 saturated heterocycles. The van der Waals surface area contributed by atoms with Gasteiger partial charge in [-0.15, -0.1) is 0 Å². The first-order valence-corrected chi connectivity index (χ1v) is 12.2. The van der Waals surface area contributed by atoms with Crippen molar-refractivity contribution in [3.8, 4) is 5.69 Å². The van der Waals surface area contributed by atoms with Crippen molar-refractivity contribution < 1.29 is 18.7 Å². The van der Waals surface area contributed by atoms with E-state index >= 15 is 0 Å². The number of ether oxygens (including phenoxy) is 1. The summed E-state index contributed by atoms with van der Waals surface area (Å²) >= 11 is 0. The van der Waals surface area contributed by atoms with Crippen molar-refractivity contribution in [2.24, 2.45) is 5.41 Å². The zero-order valence-corrected chi connectivity index (χ0v) is 20.0. The largest absolute Gasteiger partial charge is 0.440 e. The van der Waals surface area contributed by atoms with E-state index in [0.717, 1.165) is 36.2 Å². The smallest absolute Gasteiger partial charge is 0.411 e. The first-order valence-electron chi connectivity index (χ1n) is 12.2. The Kier molecular flexibility index (Phi) is 5.21. The van der Waals surface area contributed by atoms with Gasteiger partial charge in [0, 0.05) is 11.1 Å². The Morgan fingerprint density at radius 2 is 1.94 bits per heavy atom. The lowest BCUT2D eigenvalue weighted by Gasteiger charge is -2.51. The van der Waals surface area contributed by atoms with Crippen molar-refractivity contribution in [1.29, 1.82) is 0 Å². The molecular formula is C28H27FN4O3. The number of hydrogen-bond donors (Lipinski definition) is 1. The van der Waals surface area contributed by atoms with E-state index in [2.05, 4.69) is 23.4 Å². The second kappa shape index (κ2) is 8.33. The summed E-state index contributed by atoms with van der Waals surface area (Å²) < 4.78 is 21.4. The third kappa shape index (κ3) is 3.59. The van der Waals surface area contributed by atoms with E-state index in [9.17, 15) is 14.0 Å². The number of amides is 2. The number of para-hydroxylation sites is 1. The summed E-state index contributed by atoms with van der Waals surface area (Å²) in [5, 5.41) is 7.44. The number of fused-ring (bicyclic) bond motifs is 3. The van der Waals surface area contributed by atoms with Gasteiger partial charge in [0.15, 0.2) is 0 Å². The molecule has 3 aliphatic rings. The molecule has 0 bridgehead atoms. The molecule has 1 spiro atoms. The average Bonchev–Trinajstić information content (AvgIpc) is 3.40. The van der Waals surface area contributed by atoms with Crippen molar-refractivity contribution in [3.05, 3.63) is 83.4 Å². The maximum Gasteiger partial charge on any atom is 0.411 e. The number of hydrogen-bond acceptors (Lipinski definition) is 4. The van der Waals surface area contributed by atoms with Crippen molar-refractivity contribution in [2.75, 3.05) is 18.4 Å². The minimum Gasteiger partial charge on any atom is -0.440 e. The van der Waals surface area contributed by atoms with Crippen LogP contribution >= 0.6 is 0 Å². The van der Waals surface area contributed by atoms with Crippen LogP contribution in [0.4, 0.5) is 14.9 Å². The Morgan fingerprint density at radius 1 is 1.17 bits per heavy atom. The Bertz CT molecular complexity index is 1370. The summed E-state index contributed by atoms with van der Waals surface area (Å²) in [6.07, 6.45) is 6.76. The summed E-state index contributed by atoms with van der Waals surface area (Å²) in [4.78, 5) is 27.2. The molecular weight excluding hydrogens is 459 g/mol. The van der Waals surface area contributed by atoms with Crippen LogP contribution in [0, 0.1) is 11.2 Å². The number of halogens is 1. The first kappa shape index (κ1) is 22.5. The molecule has 6 rings (SSSR count). The molecule has 0 unspecified atom stereocenters. The van der Waals surface area contributed by atoms with E-state index in [1.54, 1.807) is 12.1 Å². The summed E-state index contributed by atoms with van der Waals surface area (Å²) in [5.41, 5.74) is 3.63. The zero-order chi connectivity index (χ0) is 24.9. The fourth-order valence-corrected chi connectivity index (χ4v) is 6.00. The lowest BCUT2D eigenvalue weighted by Crippen LogP contribution is -2.55. The molecule has 3 aromatic rings. The van der Waals surface area contributed by atoms with Gasteiger partial charge in [-0.3, -0.25) is 9.69 Å². The Hall–Kier alpha value is -3.94. The first-order chi connectivity index (χ1) is 17.4. The van der Waals surface area contributed by atoms with Crippen LogP contribution in [0.1, 0.15) is 37.4 Å². The number of carbonyl (C=O) groups is 2. The lowest BCUT2D eigenvalue weighted by molar-refractivity contribution is -0.116. The molecule has 0 radical (unpaired) electrons. The number of carbonyl (C=O) groups excluding carboxylic acids is 2. The molecule has 1 N–H and O–H groups in total. The summed E-state index contributed by atoms with van der Waals surface area (Å²) in [7, 11) is 0. The van der Waals surface area contributed by atoms with Gasteiger partial charge in [-0.05, 0) is 73.7 Å². The normalized spacial score (nSPS) is 24.7. The molecule has 2 aromatic carbocycles. The standard InChI is InChI=1S/C28H27FN4O3/c1-27-15-19-16-30-33(23-11-9-21(29)10-12-23)24(19)14-20(27)6-5-13-28(27)18-32(26(35)36-28)17-25(34)31-22-7-3-2-4-8-22/h2-4,7-12,14,16H,5-6,13,15,17-18H2,1H3,(H,31,34)/t27-,28+/m0/s1. The summed E-state index contributed by atoms with van der Waals surface area (Å²) in [6, 6.07) is 15.5. The number of rotatable bonds is 4. The van der Waals surface area contributed by atoms with Gasteiger partial charge < -0.3 is 10.1 Å². The third-order valence-corrected chi connectivity index (χ3v) is 7.93. The van der Waals surface area contributed by atoms with E-state index in [1.807, 2.05) is 41.2 Å². The highest BCUT2D eigenvalue weighted by atomic mass is 19.1. The topological polar surface area (TPSA) is 76.5 Å². The summed E-state index contributed by atoms with van der Waals surface area (Å²) in [6.45, 7) is 2.47. The van der Waals surface area contributed by atoms with Gasteiger partial charge in [-0.1, -0.05) is 30.7 Å². The lowest BCUT2D eigenvalue weighted by atomic mass is 9.57. The zero-order valence-electron chi connectivity index (χ0n) is 20.0. The van der Waals surface area contributed by atoms with Crippen molar-refractivity contribution in [2.45, 2.75) is 38.2 Å². The molecule has 36 heavy (non-hydrogen) atoms. The van der Waals surface area contributed by atoms with E-state index in [1.165, 1.54) is 22.6 Å². The Balaban J connectivity index is 1.26. The highest BCUT2D eigenvalue weighted by Crippen LogP contribution is 2.56. The van der Waals surface area contributed by atoms with Gasteiger partial charge in [0.1, 0.15) is 18.0 Å². The number of anilines is 1. The van der Waals surface area contributed by atoms with Crippen LogP contribution in [0.25, 0.3) is 11.8 Å². The molecule has 2 heterocycles. The Labute approximate surface area is 208 Å². The van der Waals surface area contributed by atoms with E-state index in [4.69, 9.17) is 4.74 Å². The predicted octanol–water partition coefficient (Wildman–Crippen LogP) is 4.97. The highest BCUT2D eigenvalue weighted by molar-refractivity contribution is 5.94. The van der Waals surface area contributed by atoms with Crippen molar-refractivity contribution in [1.82, 2.24) is 14.7 Å². The molecule has 2 atom stereocenters. The molecule has 2 amide bonds.